The van der Waals surface area contributed by atoms with E-state index < -0.39 is 0 Å². The summed E-state index contributed by atoms with van der Waals surface area (Å²) in [5.74, 6) is 0. The Bertz CT molecular complexity index is 158. The minimum atomic E-state index is 0.506. The van der Waals surface area contributed by atoms with Gasteiger partial charge < -0.3 is 0 Å². The first-order chi connectivity index (χ1) is 4.97. The Balaban J connectivity index is 2.16. The van der Waals surface area contributed by atoms with Crippen LogP contribution in [0.4, 0.5) is 0 Å². The quantitative estimate of drug-likeness (QED) is 0.535. The standard InChI is InChI=1S/C7H10N2S/c1-3-10-4-2-7-6(1)8-5-9-7/h1-4,6-9H,5H2. The van der Waals surface area contributed by atoms with Crippen LogP contribution in [0.5, 0.6) is 0 Å². The first kappa shape index (κ1) is 6.46. The van der Waals surface area contributed by atoms with Crippen LogP contribution in [0.2, 0.25) is 0 Å². The zero-order chi connectivity index (χ0) is 6.81. The van der Waals surface area contributed by atoms with E-state index in [2.05, 4.69) is 33.6 Å². The maximum absolute atomic E-state index is 3.34. The molecule has 0 spiro atoms. The monoisotopic (exact) mass is 154 g/mol. The third-order valence-corrected chi connectivity index (χ3v) is 2.42. The van der Waals surface area contributed by atoms with Crippen molar-refractivity contribution in [1.29, 1.82) is 0 Å². The van der Waals surface area contributed by atoms with Gasteiger partial charge in [-0.1, -0.05) is 12.2 Å². The molecule has 54 valence electrons. The van der Waals surface area contributed by atoms with Crippen molar-refractivity contribution in [1.82, 2.24) is 10.6 Å². The van der Waals surface area contributed by atoms with Gasteiger partial charge in [-0.3, -0.25) is 10.6 Å². The van der Waals surface area contributed by atoms with Crippen molar-refractivity contribution in [2.75, 3.05) is 6.67 Å². The summed E-state index contributed by atoms with van der Waals surface area (Å²) in [4.78, 5) is 0. The van der Waals surface area contributed by atoms with E-state index in [9.17, 15) is 0 Å². The van der Waals surface area contributed by atoms with E-state index in [4.69, 9.17) is 0 Å². The predicted molar refractivity (Wildman–Crippen MR) is 44.6 cm³/mol. The molecule has 0 amide bonds. The molecule has 0 aliphatic carbocycles. The number of hydrogen-bond donors (Lipinski definition) is 2. The smallest absolute Gasteiger partial charge is 0.0464 e. The van der Waals surface area contributed by atoms with Crippen LogP contribution in [-0.4, -0.2) is 18.8 Å². The summed E-state index contributed by atoms with van der Waals surface area (Å²) >= 11 is 1.73. The molecule has 0 aromatic rings. The van der Waals surface area contributed by atoms with Crippen LogP contribution in [0.25, 0.3) is 0 Å². The average Bonchev–Trinajstić information content (AvgIpc) is 2.28. The Morgan fingerprint density at radius 3 is 2.30 bits per heavy atom. The molecule has 0 saturated carbocycles. The zero-order valence-electron chi connectivity index (χ0n) is 5.58. The summed E-state index contributed by atoms with van der Waals surface area (Å²) in [6.07, 6.45) is 4.41. The van der Waals surface area contributed by atoms with Gasteiger partial charge in [-0.2, -0.15) is 0 Å². The Morgan fingerprint density at radius 1 is 1.10 bits per heavy atom. The van der Waals surface area contributed by atoms with Gasteiger partial charge in [0.2, 0.25) is 0 Å². The molecule has 2 aliphatic rings. The third kappa shape index (κ3) is 1.12. The van der Waals surface area contributed by atoms with E-state index in [1.807, 2.05) is 0 Å². The van der Waals surface area contributed by atoms with Gasteiger partial charge in [-0.15, -0.1) is 11.8 Å². The fourth-order valence-corrected chi connectivity index (χ4v) is 1.84. The van der Waals surface area contributed by atoms with Gasteiger partial charge >= 0.3 is 0 Å². The van der Waals surface area contributed by atoms with Gasteiger partial charge in [0.15, 0.2) is 0 Å². The molecule has 2 unspecified atom stereocenters. The van der Waals surface area contributed by atoms with Gasteiger partial charge in [0.25, 0.3) is 0 Å². The molecule has 2 aliphatic heterocycles. The zero-order valence-corrected chi connectivity index (χ0v) is 6.40. The van der Waals surface area contributed by atoms with Crippen molar-refractivity contribution in [3.63, 3.8) is 0 Å². The second-order valence-electron chi connectivity index (χ2n) is 2.43. The minimum Gasteiger partial charge on any atom is -0.296 e. The summed E-state index contributed by atoms with van der Waals surface area (Å²) in [6, 6.07) is 1.01. The van der Waals surface area contributed by atoms with Gasteiger partial charge in [0.05, 0.1) is 0 Å². The highest BCUT2D eigenvalue weighted by Crippen LogP contribution is 2.14. The Hall–Kier alpha value is -0.250. The number of fused-ring (bicyclic) bond motifs is 1. The second-order valence-corrected chi connectivity index (χ2v) is 3.25. The highest BCUT2D eigenvalue weighted by Gasteiger charge is 2.21. The van der Waals surface area contributed by atoms with E-state index in [-0.39, 0.29) is 0 Å². The van der Waals surface area contributed by atoms with Gasteiger partial charge in [0.1, 0.15) is 0 Å². The molecule has 1 fully saturated rings. The number of rotatable bonds is 0. The molecule has 0 bridgehead atoms. The van der Waals surface area contributed by atoms with E-state index in [0.717, 1.165) is 6.67 Å². The Morgan fingerprint density at radius 2 is 1.70 bits per heavy atom. The van der Waals surface area contributed by atoms with Crippen molar-refractivity contribution in [3.8, 4) is 0 Å². The van der Waals surface area contributed by atoms with Crippen molar-refractivity contribution in [3.05, 3.63) is 23.0 Å². The van der Waals surface area contributed by atoms with Crippen molar-refractivity contribution < 1.29 is 0 Å². The van der Waals surface area contributed by atoms with Crippen LogP contribution in [-0.2, 0) is 0 Å². The predicted octanol–water partition coefficient (Wildman–Crippen LogP) is 0.648. The van der Waals surface area contributed by atoms with E-state index in [1.165, 1.54) is 0 Å². The summed E-state index contributed by atoms with van der Waals surface area (Å²) in [5, 5.41) is 10.9. The molecule has 0 aromatic carbocycles. The number of thioether (sulfide) groups is 1. The Labute approximate surface area is 64.8 Å². The second kappa shape index (κ2) is 2.78. The lowest BCUT2D eigenvalue weighted by Crippen LogP contribution is -2.29. The van der Waals surface area contributed by atoms with Gasteiger partial charge in [-0.25, -0.2) is 0 Å². The maximum Gasteiger partial charge on any atom is 0.0464 e. The van der Waals surface area contributed by atoms with Crippen LogP contribution in [0.1, 0.15) is 0 Å². The van der Waals surface area contributed by atoms with Crippen molar-refractivity contribution in [2.45, 2.75) is 12.1 Å². The fraction of sp³-hybridized carbons (Fsp3) is 0.429. The molecule has 2 atom stereocenters. The number of hydrogen-bond acceptors (Lipinski definition) is 3. The van der Waals surface area contributed by atoms with Crippen LogP contribution in [0.3, 0.4) is 0 Å². The van der Waals surface area contributed by atoms with Crippen LogP contribution in [0.15, 0.2) is 23.0 Å². The molecule has 3 heteroatoms. The SMILES string of the molecule is C1=CC2NCNC2C=CS1. The summed E-state index contributed by atoms with van der Waals surface area (Å²) in [6.45, 7) is 0.925. The van der Waals surface area contributed by atoms with Crippen molar-refractivity contribution >= 4 is 11.8 Å². The lowest BCUT2D eigenvalue weighted by atomic mass is 10.1. The summed E-state index contributed by atoms with van der Waals surface area (Å²) in [7, 11) is 0. The molecule has 0 radical (unpaired) electrons. The number of nitrogens with one attached hydrogen (secondary N) is 2. The largest absolute Gasteiger partial charge is 0.296 e. The lowest BCUT2D eigenvalue weighted by Gasteiger charge is -2.08. The fourth-order valence-electron chi connectivity index (χ4n) is 1.23. The third-order valence-electron chi connectivity index (χ3n) is 1.79. The average molecular weight is 154 g/mol. The van der Waals surface area contributed by atoms with Crippen LogP contribution >= 0.6 is 11.8 Å². The van der Waals surface area contributed by atoms with Gasteiger partial charge in [-0.05, 0) is 10.8 Å². The minimum absolute atomic E-state index is 0.506. The first-order valence-electron chi connectivity index (χ1n) is 3.42. The highest BCUT2D eigenvalue weighted by molar-refractivity contribution is 8.04. The summed E-state index contributed by atoms with van der Waals surface area (Å²) < 4.78 is 0. The van der Waals surface area contributed by atoms with Gasteiger partial charge in [0, 0.05) is 18.8 Å². The molecular formula is C7H10N2S. The normalized spacial score (nSPS) is 37.6. The van der Waals surface area contributed by atoms with E-state index >= 15 is 0 Å². The highest BCUT2D eigenvalue weighted by atomic mass is 32.2. The topological polar surface area (TPSA) is 24.1 Å². The van der Waals surface area contributed by atoms with E-state index in [1.54, 1.807) is 11.8 Å². The van der Waals surface area contributed by atoms with Crippen LogP contribution < -0.4 is 10.6 Å². The lowest BCUT2D eigenvalue weighted by molar-refractivity contribution is 0.684. The molecule has 10 heavy (non-hydrogen) atoms. The first-order valence-corrected chi connectivity index (χ1v) is 4.37. The molecular weight excluding hydrogens is 144 g/mol. The van der Waals surface area contributed by atoms with E-state index in [0.29, 0.717) is 12.1 Å². The Kier molecular flexibility index (Phi) is 1.80. The van der Waals surface area contributed by atoms with Crippen molar-refractivity contribution in [2.24, 2.45) is 0 Å². The molecule has 1 saturated heterocycles. The molecule has 2 N–H and O–H groups in total. The molecule has 2 nitrogen and oxygen atoms in total. The van der Waals surface area contributed by atoms with Crippen LogP contribution in [0, 0.1) is 0 Å². The summed E-state index contributed by atoms with van der Waals surface area (Å²) in [5.41, 5.74) is 0. The molecule has 2 rings (SSSR count). The maximum atomic E-state index is 3.34. The molecule has 0 aromatic heterocycles. The molecule has 2 heterocycles.